The van der Waals surface area contributed by atoms with Crippen LogP contribution in [0.1, 0.15) is 32.2 Å². The molecule has 0 aliphatic carbocycles. The summed E-state index contributed by atoms with van der Waals surface area (Å²) in [5.41, 5.74) is 4.08. The molecule has 180 valence electrons. The van der Waals surface area contributed by atoms with E-state index in [1.165, 1.54) is 16.3 Å². The minimum atomic E-state index is -0.282. The summed E-state index contributed by atoms with van der Waals surface area (Å²) in [5.74, 6) is 1.43. The Labute approximate surface area is 206 Å². The zero-order chi connectivity index (χ0) is 24.5. The molecule has 1 aliphatic rings. The molecule has 0 N–H and O–H groups in total. The van der Waals surface area contributed by atoms with Crippen LogP contribution in [0, 0.1) is 0 Å². The van der Waals surface area contributed by atoms with Crippen molar-refractivity contribution in [3.05, 3.63) is 72.3 Å². The SMILES string of the molecule is C=C(F)C(C)N1CCN(c2nc(CC)nc3nc(-c4cc(CC)cc5ccccc45)ccc23)CC1. The van der Waals surface area contributed by atoms with Gasteiger partial charge in [-0.25, -0.2) is 19.3 Å². The van der Waals surface area contributed by atoms with Crippen molar-refractivity contribution in [2.75, 3.05) is 31.1 Å². The summed E-state index contributed by atoms with van der Waals surface area (Å²) in [4.78, 5) is 19.2. The second kappa shape index (κ2) is 9.70. The van der Waals surface area contributed by atoms with Crippen molar-refractivity contribution in [3.8, 4) is 11.3 Å². The average Bonchev–Trinajstić information content (AvgIpc) is 2.91. The van der Waals surface area contributed by atoms with Gasteiger partial charge in [-0.15, -0.1) is 0 Å². The maximum Gasteiger partial charge on any atom is 0.165 e. The van der Waals surface area contributed by atoms with Crippen LogP contribution in [-0.4, -0.2) is 52.1 Å². The van der Waals surface area contributed by atoms with Gasteiger partial charge in [0.2, 0.25) is 0 Å². The molecule has 0 bridgehead atoms. The van der Waals surface area contributed by atoms with E-state index in [4.69, 9.17) is 15.0 Å². The molecule has 2 aromatic carbocycles. The Morgan fingerprint density at radius 3 is 2.43 bits per heavy atom. The van der Waals surface area contributed by atoms with Crippen molar-refractivity contribution >= 4 is 27.6 Å². The topological polar surface area (TPSA) is 45.2 Å². The predicted molar refractivity (Wildman–Crippen MR) is 143 cm³/mol. The Hall–Kier alpha value is -3.38. The van der Waals surface area contributed by atoms with Gasteiger partial charge in [-0.05, 0) is 47.9 Å². The van der Waals surface area contributed by atoms with Gasteiger partial charge in [-0.2, -0.15) is 0 Å². The van der Waals surface area contributed by atoms with Gasteiger partial charge < -0.3 is 4.90 Å². The molecular formula is C29H32FN5. The van der Waals surface area contributed by atoms with E-state index in [-0.39, 0.29) is 11.9 Å². The van der Waals surface area contributed by atoms with Crippen LogP contribution in [0.2, 0.25) is 0 Å². The van der Waals surface area contributed by atoms with Gasteiger partial charge in [0, 0.05) is 38.2 Å². The molecule has 1 unspecified atom stereocenters. The molecule has 0 spiro atoms. The first-order valence-corrected chi connectivity index (χ1v) is 12.5. The first-order chi connectivity index (χ1) is 17.0. The first kappa shape index (κ1) is 23.4. The second-order valence-corrected chi connectivity index (χ2v) is 9.25. The number of nitrogens with zero attached hydrogens (tertiary/aromatic N) is 5. The lowest BCUT2D eigenvalue weighted by molar-refractivity contribution is 0.201. The minimum Gasteiger partial charge on any atom is -0.353 e. The third-order valence-electron chi connectivity index (χ3n) is 7.12. The third kappa shape index (κ3) is 4.50. The number of rotatable bonds is 6. The molecule has 0 saturated carbocycles. The fraction of sp³-hybridized carbons (Fsp3) is 0.345. The largest absolute Gasteiger partial charge is 0.353 e. The fourth-order valence-electron chi connectivity index (χ4n) is 4.89. The zero-order valence-electron chi connectivity index (χ0n) is 20.8. The lowest BCUT2D eigenvalue weighted by Gasteiger charge is -2.38. The maximum absolute atomic E-state index is 13.7. The van der Waals surface area contributed by atoms with Gasteiger partial charge in [-0.1, -0.05) is 50.8 Å². The molecule has 35 heavy (non-hydrogen) atoms. The van der Waals surface area contributed by atoms with E-state index >= 15 is 0 Å². The number of fused-ring (bicyclic) bond motifs is 2. The van der Waals surface area contributed by atoms with Crippen LogP contribution < -0.4 is 4.90 Å². The molecule has 4 aromatic rings. The summed E-state index contributed by atoms with van der Waals surface area (Å²) in [6.45, 7) is 12.7. The monoisotopic (exact) mass is 469 g/mol. The van der Waals surface area contributed by atoms with Crippen molar-refractivity contribution in [3.63, 3.8) is 0 Å². The molecule has 1 saturated heterocycles. The summed E-state index contributed by atoms with van der Waals surface area (Å²) in [5, 5.41) is 3.38. The van der Waals surface area contributed by atoms with Gasteiger partial charge in [-0.3, -0.25) is 4.90 Å². The summed E-state index contributed by atoms with van der Waals surface area (Å²) in [6, 6.07) is 16.9. The summed E-state index contributed by atoms with van der Waals surface area (Å²) >= 11 is 0. The van der Waals surface area contributed by atoms with Gasteiger partial charge in [0.1, 0.15) is 17.5 Å². The van der Waals surface area contributed by atoms with Crippen LogP contribution in [0.15, 0.2) is 60.9 Å². The maximum atomic E-state index is 13.7. The Kier molecular flexibility index (Phi) is 6.48. The van der Waals surface area contributed by atoms with Crippen LogP contribution in [-0.2, 0) is 12.8 Å². The molecule has 1 fully saturated rings. The molecule has 3 heterocycles. The van der Waals surface area contributed by atoms with Crippen LogP contribution in [0.3, 0.4) is 0 Å². The number of aromatic nitrogens is 3. The molecule has 5 nitrogen and oxygen atoms in total. The van der Waals surface area contributed by atoms with Crippen LogP contribution in [0.5, 0.6) is 0 Å². The van der Waals surface area contributed by atoms with E-state index in [1.807, 2.05) is 6.92 Å². The Bertz CT molecular complexity index is 1390. The van der Waals surface area contributed by atoms with E-state index in [1.54, 1.807) is 0 Å². The number of aryl methyl sites for hydroxylation is 2. The summed E-state index contributed by atoms with van der Waals surface area (Å²) in [6.07, 6.45) is 1.71. The van der Waals surface area contributed by atoms with Crippen molar-refractivity contribution in [1.29, 1.82) is 0 Å². The Balaban J connectivity index is 1.55. The first-order valence-electron chi connectivity index (χ1n) is 12.5. The van der Waals surface area contributed by atoms with Crippen molar-refractivity contribution < 1.29 is 4.39 Å². The number of halogens is 1. The van der Waals surface area contributed by atoms with E-state index in [0.29, 0.717) is 0 Å². The van der Waals surface area contributed by atoms with Gasteiger partial charge >= 0.3 is 0 Å². The highest BCUT2D eigenvalue weighted by Gasteiger charge is 2.25. The molecular weight excluding hydrogens is 437 g/mol. The number of piperazine rings is 1. The van der Waals surface area contributed by atoms with E-state index in [0.717, 1.165) is 73.0 Å². The molecule has 0 amide bonds. The standard InChI is InChI=1S/C29H32FN5/c1-5-21-17-22-9-7-8-10-23(22)25(18-21)26-12-11-24-28(31-26)32-27(6-2)33-29(24)35-15-13-34(14-16-35)20(4)19(3)30/h7-12,17-18,20H,3,5-6,13-16H2,1-2,4H3. The third-order valence-corrected chi connectivity index (χ3v) is 7.12. The van der Waals surface area contributed by atoms with Crippen LogP contribution >= 0.6 is 0 Å². The van der Waals surface area contributed by atoms with Gasteiger partial charge in [0.25, 0.3) is 0 Å². The average molecular weight is 470 g/mol. The number of hydrogen-bond acceptors (Lipinski definition) is 5. The molecule has 0 radical (unpaired) electrons. The van der Waals surface area contributed by atoms with E-state index in [9.17, 15) is 4.39 Å². The van der Waals surface area contributed by atoms with Crippen molar-refractivity contribution in [2.45, 2.75) is 39.7 Å². The Morgan fingerprint density at radius 2 is 1.71 bits per heavy atom. The normalized spacial score (nSPS) is 15.6. The zero-order valence-corrected chi connectivity index (χ0v) is 20.8. The van der Waals surface area contributed by atoms with Gasteiger partial charge in [0.15, 0.2) is 5.65 Å². The van der Waals surface area contributed by atoms with E-state index in [2.05, 4.69) is 78.8 Å². The molecule has 6 heteroatoms. The van der Waals surface area contributed by atoms with Gasteiger partial charge in [0.05, 0.1) is 17.1 Å². The lowest BCUT2D eigenvalue weighted by Crippen LogP contribution is -2.50. The number of hydrogen-bond donors (Lipinski definition) is 0. The quantitative estimate of drug-likeness (QED) is 0.348. The lowest BCUT2D eigenvalue weighted by atomic mass is 9.97. The van der Waals surface area contributed by atoms with Crippen molar-refractivity contribution in [2.24, 2.45) is 0 Å². The molecule has 2 aromatic heterocycles. The fourth-order valence-corrected chi connectivity index (χ4v) is 4.89. The molecule has 1 atom stereocenters. The molecule has 5 rings (SSSR count). The smallest absolute Gasteiger partial charge is 0.165 e. The van der Waals surface area contributed by atoms with E-state index < -0.39 is 0 Å². The number of anilines is 1. The van der Waals surface area contributed by atoms with Crippen LogP contribution in [0.25, 0.3) is 33.1 Å². The number of benzene rings is 2. The highest BCUT2D eigenvalue weighted by molar-refractivity contribution is 5.98. The summed E-state index contributed by atoms with van der Waals surface area (Å²) < 4.78 is 13.7. The predicted octanol–water partition coefficient (Wildman–Crippen LogP) is 5.96. The highest BCUT2D eigenvalue weighted by Crippen LogP contribution is 2.32. The summed E-state index contributed by atoms with van der Waals surface area (Å²) in [7, 11) is 0. The minimum absolute atomic E-state index is 0.261. The Morgan fingerprint density at radius 1 is 0.943 bits per heavy atom. The van der Waals surface area contributed by atoms with Crippen LogP contribution in [0.4, 0.5) is 10.2 Å². The second-order valence-electron chi connectivity index (χ2n) is 9.25. The molecule has 1 aliphatic heterocycles. The number of pyridine rings is 1. The highest BCUT2D eigenvalue weighted by atomic mass is 19.1. The van der Waals surface area contributed by atoms with Crippen molar-refractivity contribution in [1.82, 2.24) is 19.9 Å².